The van der Waals surface area contributed by atoms with Gasteiger partial charge in [0.1, 0.15) is 18.1 Å². The third kappa shape index (κ3) is 6.05. The van der Waals surface area contributed by atoms with Crippen LogP contribution in [0.3, 0.4) is 0 Å². The molecule has 1 heterocycles. The highest BCUT2D eigenvalue weighted by atomic mass is 32.2. The van der Waals surface area contributed by atoms with Crippen LogP contribution in [0.1, 0.15) is 28.4 Å². The normalized spacial score (nSPS) is 15.4. The fraction of sp³-hybridized carbons (Fsp3) is 0.115. The van der Waals surface area contributed by atoms with E-state index in [1.165, 1.54) is 11.8 Å². The summed E-state index contributed by atoms with van der Waals surface area (Å²) in [6.07, 6.45) is 1.79. The number of nitrogens with zero attached hydrogens (tertiary/aromatic N) is 1. The van der Waals surface area contributed by atoms with Crippen molar-refractivity contribution in [3.05, 3.63) is 94.4 Å². The number of carboxylic acid groups (broad SMARTS) is 1. The van der Waals surface area contributed by atoms with Gasteiger partial charge in [0.15, 0.2) is 5.17 Å². The van der Waals surface area contributed by atoms with Crippen LogP contribution in [0, 0.1) is 0 Å². The summed E-state index contributed by atoms with van der Waals surface area (Å²) >= 11 is 1.28. The molecular formula is C26H22N2O5S. The molecule has 1 amide bonds. The molecule has 172 valence electrons. The van der Waals surface area contributed by atoms with Crippen molar-refractivity contribution in [1.82, 2.24) is 5.32 Å². The lowest BCUT2D eigenvalue weighted by Gasteiger charge is -2.07. The van der Waals surface area contributed by atoms with E-state index in [1.54, 1.807) is 36.4 Å². The van der Waals surface area contributed by atoms with Crippen LogP contribution in [0.2, 0.25) is 0 Å². The number of hydrogen-bond donors (Lipinski definition) is 2. The zero-order valence-corrected chi connectivity index (χ0v) is 19.2. The molecule has 1 saturated heterocycles. The first kappa shape index (κ1) is 23.1. The van der Waals surface area contributed by atoms with Crippen molar-refractivity contribution in [3.63, 3.8) is 0 Å². The molecule has 8 heteroatoms. The van der Waals surface area contributed by atoms with Crippen molar-refractivity contribution in [1.29, 1.82) is 0 Å². The van der Waals surface area contributed by atoms with Crippen molar-refractivity contribution in [3.8, 4) is 11.5 Å². The van der Waals surface area contributed by atoms with Gasteiger partial charge in [-0.05, 0) is 84.4 Å². The SMILES string of the molecule is CCOc1ccc(N=C2NC(=O)C(=Cc3ccc(OCc4cccc(C(=O)O)c4)cc3)S2)cc1. The summed E-state index contributed by atoms with van der Waals surface area (Å²) < 4.78 is 11.2. The van der Waals surface area contributed by atoms with E-state index >= 15 is 0 Å². The Morgan fingerprint density at radius 2 is 1.74 bits per heavy atom. The Labute approximate surface area is 201 Å². The Kier molecular flexibility index (Phi) is 7.29. The highest BCUT2D eigenvalue weighted by molar-refractivity contribution is 8.18. The van der Waals surface area contributed by atoms with Gasteiger partial charge in [-0.2, -0.15) is 0 Å². The number of aliphatic imine (C=N–C) groups is 1. The molecule has 0 aliphatic carbocycles. The monoisotopic (exact) mass is 474 g/mol. The van der Waals surface area contributed by atoms with Crippen molar-refractivity contribution in [2.45, 2.75) is 13.5 Å². The largest absolute Gasteiger partial charge is 0.494 e. The van der Waals surface area contributed by atoms with Gasteiger partial charge in [-0.15, -0.1) is 0 Å². The lowest BCUT2D eigenvalue weighted by Crippen LogP contribution is -2.19. The van der Waals surface area contributed by atoms with Gasteiger partial charge in [0, 0.05) is 0 Å². The fourth-order valence-corrected chi connectivity index (χ4v) is 4.00. The van der Waals surface area contributed by atoms with Crippen LogP contribution in [-0.2, 0) is 11.4 Å². The Morgan fingerprint density at radius 1 is 1.03 bits per heavy atom. The van der Waals surface area contributed by atoms with Crippen LogP contribution in [0.4, 0.5) is 5.69 Å². The number of carbonyl (C=O) groups excluding carboxylic acids is 1. The summed E-state index contributed by atoms with van der Waals surface area (Å²) in [7, 11) is 0. The van der Waals surface area contributed by atoms with Crippen molar-refractivity contribution < 1.29 is 24.2 Å². The average Bonchev–Trinajstić information content (AvgIpc) is 3.18. The predicted octanol–water partition coefficient (Wildman–Crippen LogP) is 5.25. The van der Waals surface area contributed by atoms with Gasteiger partial charge in [0.2, 0.25) is 0 Å². The molecule has 3 aromatic rings. The number of amides is 1. The van der Waals surface area contributed by atoms with Crippen LogP contribution < -0.4 is 14.8 Å². The average molecular weight is 475 g/mol. The first-order chi connectivity index (χ1) is 16.5. The number of ether oxygens (including phenoxy) is 2. The molecule has 0 saturated carbocycles. The van der Waals surface area contributed by atoms with E-state index in [0.29, 0.717) is 22.4 Å². The second-order valence-electron chi connectivity index (χ2n) is 7.27. The number of nitrogens with one attached hydrogen (secondary N) is 1. The molecule has 4 rings (SSSR count). The smallest absolute Gasteiger partial charge is 0.335 e. The molecular weight excluding hydrogens is 452 g/mol. The molecule has 1 fully saturated rings. The van der Waals surface area contributed by atoms with E-state index in [4.69, 9.17) is 14.6 Å². The summed E-state index contributed by atoms with van der Waals surface area (Å²) in [4.78, 5) is 28.5. The van der Waals surface area contributed by atoms with E-state index in [0.717, 1.165) is 22.6 Å². The third-order valence-corrected chi connectivity index (χ3v) is 5.70. The third-order valence-electron chi connectivity index (χ3n) is 4.79. The van der Waals surface area contributed by atoms with Crippen molar-refractivity contribution in [2.24, 2.45) is 4.99 Å². The van der Waals surface area contributed by atoms with Gasteiger partial charge < -0.3 is 19.9 Å². The fourth-order valence-electron chi connectivity index (χ4n) is 3.15. The number of carbonyl (C=O) groups is 2. The number of amidine groups is 1. The molecule has 0 aromatic heterocycles. The minimum Gasteiger partial charge on any atom is -0.494 e. The summed E-state index contributed by atoms with van der Waals surface area (Å²) in [5.74, 6) is 0.245. The zero-order chi connectivity index (χ0) is 23.9. The van der Waals surface area contributed by atoms with Gasteiger partial charge in [-0.25, -0.2) is 9.79 Å². The van der Waals surface area contributed by atoms with Crippen molar-refractivity contribution in [2.75, 3.05) is 6.61 Å². The van der Waals surface area contributed by atoms with Crippen molar-refractivity contribution >= 4 is 40.6 Å². The van der Waals surface area contributed by atoms with Gasteiger partial charge in [-0.3, -0.25) is 4.79 Å². The maximum absolute atomic E-state index is 12.4. The minimum absolute atomic E-state index is 0.201. The van der Waals surface area contributed by atoms with E-state index in [-0.39, 0.29) is 18.1 Å². The molecule has 34 heavy (non-hydrogen) atoms. The quantitative estimate of drug-likeness (QED) is 0.433. The maximum Gasteiger partial charge on any atom is 0.335 e. The number of thioether (sulfide) groups is 1. The van der Waals surface area contributed by atoms with E-state index in [2.05, 4.69) is 10.3 Å². The molecule has 0 unspecified atom stereocenters. The molecule has 0 bridgehead atoms. The number of hydrogen-bond acceptors (Lipinski definition) is 6. The number of benzene rings is 3. The Bertz CT molecular complexity index is 1250. The lowest BCUT2D eigenvalue weighted by atomic mass is 10.1. The second kappa shape index (κ2) is 10.7. The summed E-state index contributed by atoms with van der Waals surface area (Å²) in [6.45, 7) is 2.78. The minimum atomic E-state index is -0.972. The van der Waals surface area contributed by atoms with E-state index in [9.17, 15) is 9.59 Å². The Morgan fingerprint density at radius 3 is 2.44 bits per heavy atom. The highest BCUT2D eigenvalue weighted by Crippen LogP contribution is 2.29. The van der Waals surface area contributed by atoms with Crippen LogP contribution in [-0.4, -0.2) is 28.8 Å². The lowest BCUT2D eigenvalue weighted by molar-refractivity contribution is -0.115. The molecule has 2 N–H and O–H groups in total. The highest BCUT2D eigenvalue weighted by Gasteiger charge is 2.23. The maximum atomic E-state index is 12.4. The molecule has 7 nitrogen and oxygen atoms in total. The van der Waals surface area contributed by atoms with E-state index < -0.39 is 5.97 Å². The van der Waals surface area contributed by atoms with Crippen LogP contribution in [0.25, 0.3) is 6.08 Å². The zero-order valence-electron chi connectivity index (χ0n) is 18.4. The summed E-state index contributed by atoms with van der Waals surface area (Å²) in [5.41, 5.74) is 2.56. The van der Waals surface area contributed by atoms with E-state index in [1.807, 2.05) is 49.4 Å². The van der Waals surface area contributed by atoms with Gasteiger partial charge in [-0.1, -0.05) is 24.3 Å². The summed E-state index contributed by atoms with van der Waals surface area (Å²) in [6, 6.07) is 21.3. The Hall–Kier alpha value is -4.04. The Balaban J connectivity index is 1.37. The second-order valence-corrected chi connectivity index (χ2v) is 8.30. The molecule has 0 spiro atoms. The first-order valence-electron chi connectivity index (χ1n) is 10.6. The molecule has 0 radical (unpaired) electrons. The van der Waals surface area contributed by atoms with Crippen LogP contribution in [0.15, 0.2) is 82.7 Å². The van der Waals surface area contributed by atoms with Gasteiger partial charge in [0.05, 0.1) is 22.8 Å². The van der Waals surface area contributed by atoms with Crippen LogP contribution in [0.5, 0.6) is 11.5 Å². The number of aromatic carboxylic acids is 1. The van der Waals surface area contributed by atoms with Crippen LogP contribution >= 0.6 is 11.8 Å². The first-order valence-corrected chi connectivity index (χ1v) is 11.4. The molecule has 1 aliphatic heterocycles. The molecule has 0 atom stereocenters. The number of rotatable bonds is 8. The predicted molar refractivity (Wildman–Crippen MR) is 133 cm³/mol. The standard InChI is InChI=1S/C26H22N2O5S/c1-2-32-21-12-8-20(9-13-21)27-26-28-24(29)23(34-26)15-17-6-10-22(11-7-17)33-16-18-4-3-5-19(14-18)25(30)31/h3-15H,2,16H2,1H3,(H,30,31)(H,27,28,29). The summed E-state index contributed by atoms with van der Waals surface area (Å²) in [5, 5.41) is 12.4. The molecule has 3 aromatic carbocycles. The van der Waals surface area contributed by atoms with Gasteiger partial charge in [0.25, 0.3) is 5.91 Å². The molecule has 1 aliphatic rings. The number of carboxylic acids is 1. The van der Waals surface area contributed by atoms with Gasteiger partial charge >= 0.3 is 5.97 Å². The topological polar surface area (TPSA) is 97.2 Å².